The minimum Gasteiger partial charge on any atom is -0.354 e. The first-order valence-electron chi connectivity index (χ1n) is 5.60. The number of aromatic nitrogens is 3. The third-order valence-electron chi connectivity index (χ3n) is 2.50. The number of hydrogen-bond acceptors (Lipinski definition) is 5. The van der Waals surface area contributed by atoms with Crippen LogP contribution >= 0.6 is 23.4 Å². The smallest absolute Gasteiger partial charge is 0.228 e. The summed E-state index contributed by atoms with van der Waals surface area (Å²) in [5.74, 6) is 0.572. The van der Waals surface area contributed by atoms with Gasteiger partial charge in [0.05, 0.1) is 0 Å². The number of hydrogen-bond donors (Lipinski definition) is 1. The molecule has 0 unspecified atom stereocenters. The Bertz CT molecular complexity index is 355. The minimum absolute atomic E-state index is 0.270. The minimum atomic E-state index is 0.270. The van der Waals surface area contributed by atoms with E-state index in [2.05, 4.69) is 20.3 Å². The van der Waals surface area contributed by atoms with Gasteiger partial charge in [0.2, 0.25) is 11.2 Å². The number of thioether (sulfide) groups is 1. The van der Waals surface area contributed by atoms with Crippen LogP contribution in [-0.4, -0.2) is 26.7 Å². The monoisotopic (exact) mass is 258 g/mol. The van der Waals surface area contributed by atoms with Crippen molar-refractivity contribution in [1.82, 2.24) is 15.0 Å². The maximum Gasteiger partial charge on any atom is 0.228 e. The van der Waals surface area contributed by atoms with E-state index in [1.165, 1.54) is 25.7 Å². The molecule has 0 radical (unpaired) electrons. The normalized spacial score (nSPS) is 16.6. The molecular weight excluding hydrogens is 244 g/mol. The third kappa shape index (κ3) is 3.22. The quantitative estimate of drug-likeness (QED) is 0.900. The average molecular weight is 259 g/mol. The number of halogens is 1. The van der Waals surface area contributed by atoms with Gasteiger partial charge in [-0.25, -0.2) is 0 Å². The molecular formula is C10H15ClN4S. The van der Waals surface area contributed by atoms with Crippen LogP contribution in [0.25, 0.3) is 0 Å². The van der Waals surface area contributed by atoms with E-state index in [4.69, 9.17) is 11.6 Å². The van der Waals surface area contributed by atoms with Gasteiger partial charge in [0.1, 0.15) is 0 Å². The van der Waals surface area contributed by atoms with Crippen molar-refractivity contribution in [2.24, 2.45) is 0 Å². The van der Waals surface area contributed by atoms with E-state index in [1.54, 1.807) is 11.8 Å². The Hall–Kier alpha value is -0.550. The zero-order valence-electron chi connectivity index (χ0n) is 9.24. The number of anilines is 1. The van der Waals surface area contributed by atoms with Gasteiger partial charge < -0.3 is 5.32 Å². The number of nitrogens with one attached hydrogen (secondary N) is 1. The molecule has 1 aliphatic rings. The molecule has 1 aliphatic carbocycles. The summed E-state index contributed by atoms with van der Waals surface area (Å²) in [6.45, 7) is 2.79. The average Bonchev–Trinajstić information content (AvgIpc) is 2.70. The maximum absolute atomic E-state index is 5.86. The molecule has 0 spiro atoms. The second-order valence-corrected chi connectivity index (χ2v) is 5.37. The van der Waals surface area contributed by atoms with Crippen molar-refractivity contribution in [2.45, 2.75) is 43.0 Å². The molecule has 1 N–H and O–H groups in total. The van der Waals surface area contributed by atoms with E-state index in [9.17, 15) is 0 Å². The molecule has 0 aliphatic heterocycles. The van der Waals surface area contributed by atoms with Crippen LogP contribution in [0, 0.1) is 0 Å². The fourth-order valence-electron chi connectivity index (χ4n) is 1.78. The van der Waals surface area contributed by atoms with Crippen LogP contribution in [0.5, 0.6) is 0 Å². The van der Waals surface area contributed by atoms with Gasteiger partial charge >= 0.3 is 0 Å². The highest BCUT2D eigenvalue weighted by Crippen LogP contribution is 2.33. The molecule has 16 heavy (non-hydrogen) atoms. The van der Waals surface area contributed by atoms with Gasteiger partial charge in [0.25, 0.3) is 0 Å². The summed E-state index contributed by atoms with van der Waals surface area (Å²) in [6.07, 6.45) is 5.14. The molecule has 0 saturated heterocycles. The standard InChI is InChI=1S/C10H15ClN4S/c1-2-12-9-13-8(11)14-10(15-9)16-7-5-3-4-6-7/h7H,2-6H2,1H3,(H,12,13,14,15). The van der Waals surface area contributed by atoms with E-state index in [1.807, 2.05) is 6.92 Å². The lowest BCUT2D eigenvalue weighted by molar-refractivity contribution is 0.864. The van der Waals surface area contributed by atoms with Crippen molar-refractivity contribution in [3.63, 3.8) is 0 Å². The van der Waals surface area contributed by atoms with Crippen molar-refractivity contribution >= 4 is 29.3 Å². The van der Waals surface area contributed by atoms with Crippen molar-refractivity contribution in [3.05, 3.63) is 5.28 Å². The number of nitrogens with zero attached hydrogens (tertiary/aromatic N) is 3. The van der Waals surface area contributed by atoms with Crippen molar-refractivity contribution in [1.29, 1.82) is 0 Å². The first kappa shape index (κ1) is 11.9. The summed E-state index contributed by atoms with van der Waals surface area (Å²) in [5, 5.41) is 4.71. The van der Waals surface area contributed by atoms with Gasteiger partial charge in [0.15, 0.2) is 5.16 Å². The van der Waals surface area contributed by atoms with E-state index in [-0.39, 0.29) is 5.28 Å². The lowest BCUT2D eigenvalue weighted by Crippen LogP contribution is -2.05. The summed E-state index contributed by atoms with van der Waals surface area (Å²) in [4.78, 5) is 12.5. The van der Waals surface area contributed by atoms with Gasteiger partial charge in [-0.2, -0.15) is 15.0 Å². The molecule has 0 amide bonds. The predicted molar refractivity (Wildman–Crippen MR) is 67.1 cm³/mol. The largest absolute Gasteiger partial charge is 0.354 e. The van der Waals surface area contributed by atoms with Crippen LogP contribution in [0.2, 0.25) is 5.28 Å². The maximum atomic E-state index is 5.86. The van der Waals surface area contributed by atoms with E-state index in [0.717, 1.165) is 11.7 Å². The second kappa shape index (κ2) is 5.68. The Morgan fingerprint density at radius 2 is 2.06 bits per heavy atom. The highest BCUT2D eigenvalue weighted by atomic mass is 35.5. The SMILES string of the molecule is CCNc1nc(Cl)nc(SC2CCCC2)n1. The highest BCUT2D eigenvalue weighted by molar-refractivity contribution is 7.99. The first-order valence-corrected chi connectivity index (χ1v) is 6.86. The molecule has 6 heteroatoms. The fourth-order valence-corrected chi connectivity index (χ4v) is 3.13. The summed E-state index contributed by atoms with van der Waals surface area (Å²) < 4.78 is 0. The molecule has 1 aromatic heterocycles. The third-order valence-corrected chi connectivity index (χ3v) is 3.86. The molecule has 4 nitrogen and oxygen atoms in total. The fraction of sp³-hybridized carbons (Fsp3) is 0.700. The van der Waals surface area contributed by atoms with Crippen molar-refractivity contribution in [3.8, 4) is 0 Å². The summed E-state index contributed by atoms with van der Waals surface area (Å²) in [6, 6.07) is 0. The van der Waals surface area contributed by atoms with Crippen LogP contribution in [0.1, 0.15) is 32.6 Å². The Morgan fingerprint density at radius 3 is 2.75 bits per heavy atom. The van der Waals surface area contributed by atoms with Crippen molar-refractivity contribution in [2.75, 3.05) is 11.9 Å². The Balaban J connectivity index is 2.06. The molecule has 1 heterocycles. The van der Waals surface area contributed by atoms with E-state index >= 15 is 0 Å². The summed E-state index contributed by atoms with van der Waals surface area (Å²) >= 11 is 7.57. The summed E-state index contributed by atoms with van der Waals surface area (Å²) in [5.41, 5.74) is 0. The Labute approximate surface area is 105 Å². The van der Waals surface area contributed by atoms with Crippen LogP contribution in [-0.2, 0) is 0 Å². The van der Waals surface area contributed by atoms with Crippen LogP contribution in [0.4, 0.5) is 5.95 Å². The van der Waals surface area contributed by atoms with E-state index in [0.29, 0.717) is 11.2 Å². The van der Waals surface area contributed by atoms with Gasteiger partial charge in [-0.1, -0.05) is 24.6 Å². The molecule has 1 fully saturated rings. The van der Waals surface area contributed by atoms with Crippen molar-refractivity contribution < 1.29 is 0 Å². The Morgan fingerprint density at radius 1 is 1.31 bits per heavy atom. The molecule has 88 valence electrons. The lowest BCUT2D eigenvalue weighted by Gasteiger charge is -2.08. The van der Waals surface area contributed by atoms with Gasteiger partial charge in [-0.3, -0.25) is 0 Å². The highest BCUT2D eigenvalue weighted by Gasteiger charge is 2.18. The molecule has 0 atom stereocenters. The molecule has 0 aromatic carbocycles. The first-order chi connectivity index (χ1) is 7.78. The van der Waals surface area contributed by atoms with Gasteiger partial charge in [-0.15, -0.1) is 0 Å². The molecule has 0 bridgehead atoms. The Kier molecular flexibility index (Phi) is 4.23. The van der Waals surface area contributed by atoms with Gasteiger partial charge in [-0.05, 0) is 31.4 Å². The topological polar surface area (TPSA) is 50.7 Å². The second-order valence-electron chi connectivity index (χ2n) is 3.77. The number of rotatable bonds is 4. The lowest BCUT2D eigenvalue weighted by atomic mass is 10.4. The molecule has 2 rings (SSSR count). The van der Waals surface area contributed by atoms with Crippen LogP contribution < -0.4 is 5.32 Å². The molecule has 1 saturated carbocycles. The zero-order valence-corrected chi connectivity index (χ0v) is 10.8. The molecule has 1 aromatic rings. The zero-order chi connectivity index (χ0) is 11.4. The van der Waals surface area contributed by atoms with E-state index < -0.39 is 0 Å². The van der Waals surface area contributed by atoms with Gasteiger partial charge in [0, 0.05) is 11.8 Å². The predicted octanol–water partition coefficient (Wildman–Crippen LogP) is 2.99. The van der Waals surface area contributed by atoms with Crippen LogP contribution in [0.15, 0.2) is 5.16 Å². The van der Waals surface area contributed by atoms with Crippen LogP contribution in [0.3, 0.4) is 0 Å². The summed E-state index contributed by atoms with van der Waals surface area (Å²) in [7, 11) is 0.